The van der Waals surface area contributed by atoms with E-state index in [-0.39, 0.29) is 11.9 Å². The Bertz CT molecular complexity index is 607. The molecule has 2 rings (SSSR count). The summed E-state index contributed by atoms with van der Waals surface area (Å²) in [6, 6.07) is 12.4. The fraction of sp³-hybridized carbons (Fsp3) is 0.250. The predicted molar refractivity (Wildman–Crippen MR) is 90.1 cm³/mol. The van der Waals surface area contributed by atoms with Crippen molar-refractivity contribution in [3.05, 3.63) is 63.9 Å². The van der Waals surface area contributed by atoms with Crippen LogP contribution in [0.1, 0.15) is 5.56 Å². The molecule has 0 saturated heterocycles. The summed E-state index contributed by atoms with van der Waals surface area (Å²) in [5, 5.41) is 4.58. The molecule has 0 amide bonds. The summed E-state index contributed by atoms with van der Waals surface area (Å²) in [6.07, 6.45) is 0.681. The van der Waals surface area contributed by atoms with E-state index in [0.717, 1.165) is 21.2 Å². The normalized spacial score (nSPS) is 12.4. The van der Waals surface area contributed by atoms with Crippen LogP contribution in [0.15, 0.2) is 47.4 Å². The summed E-state index contributed by atoms with van der Waals surface area (Å²) in [5.74, 6) is 0.593. The van der Waals surface area contributed by atoms with Gasteiger partial charge in [0.2, 0.25) is 0 Å². The molecule has 21 heavy (non-hydrogen) atoms. The molecule has 0 aromatic heterocycles. The van der Waals surface area contributed by atoms with Gasteiger partial charge in [0.1, 0.15) is 5.82 Å². The predicted octanol–water partition coefficient (Wildman–Crippen LogP) is 5.06. The molecule has 0 bridgehead atoms. The van der Waals surface area contributed by atoms with Gasteiger partial charge in [0.25, 0.3) is 0 Å². The Balaban J connectivity index is 1.98. The van der Waals surface area contributed by atoms with Crippen molar-refractivity contribution in [1.82, 2.24) is 5.32 Å². The zero-order chi connectivity index (χ0) is 15.2. The van der Waals surface area contributed by atoms with Crippen molar-refractivity contribution in [2.24, 2.45) is 0 Å². The summed E-state index contributed by atoms with van der Waals surface area (Å²) in [7, 11) is 1.90. The smallest absolute Gasteiger partial charge is 0.123 e. The number of rotatable bonds is 6. The molecular formula is C16H16Cl2FNS. The Morgan fingerprint density at radius 2 is 2.00 bits per heavy atom. The number of benzene rings is 2. The third-order valence-corrected chi connectivity index (χ3v) is 4.89. The van der Waals surface area contributed by atoms with Gasteiger partial charge in [-0.3, -0.25) is 0 Å². The highest BCUT2D eigenvalue weighted by Crippen LogP contribution is 2.24. The van der Waals surface area contributed by atoms with E-state index in [1.54, 1.807) is 17.8 Å². The summed E-state index contributed by atoms with van der Waals surface area (Å²) in [6.45, 7) is 0. The maximum absolute atomic E-state index is 13.3. The Labute approximate surface area is 138 Å². The van der Waals surface area contributed by atoms with Gasteiger partial charge in [-0.05, 0) is 55.4 Å². The van der Waals surface area contributed by atoms with E-state index >= 15 is 0 Å². The number of nitrogens with one attached hydrogen (secondary N) is 1. The molecule has 5 heteroatoms. The zero-order valence-corrected chi connectivity index (χ0v) is 13.9. The van der Waals surface area contributed by atoms with Gasteiger partial charge in [-0.15, -0.1) is 11.8 Å². The maximum atomic E-state index is 13.3. The number of hydrogen-bond acceptors (Lipinski definition) is 2. The number of thioether (sulfide) groups is 1. The fourth-order valence-corrected chi connectivity index (χ4v) is 3.48. The third-order valence-electron chi connectivity index (χ3n) is 3.13. The maximum Gasteiger partial charge on any atom is 0.123 e. The molecule has 1 atom stereocenters. The number of hydrogen-bond donors (Lipinski definition) is 1. The van der Waals surface area contributed by atoms with Gasteiger partial charge in [0, 0.05) is 26.7 Å². The van der Waals surface area contributed by atoms with E-state index in [1.165, 1.54) is 12.1 Å². The molecule has 1 unspecified atom stereocenters. The largest absolute Gasteiger partial charge is 0.316 e. The Morgan fingerprint density at radius 3 is 2.71 bits per heavy atom. The number of halogens is 3. The lowest BCUT2D eigenvalue weighted by Crippen LogP contribution is -2.30. The minimum absolute atomic E-state index is 0.202. The first-order valence-corrected chi connectivity index (χ1v) is 8.32. The van der Waals surface area contributed by atoms with E-state index in [4.69, 9.17) is 23.2 Å². The summed E-state index contributed by atoms with van der Waals surface area (Å²) >= 11 is 13.8. The van der Waals surface area contributed by atoms with E-state index < -0.39 is 0 Å². The van der Waals surface area contributed by atoms with Crippen LogP contribution in [0.25, 0.3) is 0 Å². The average molecular weight is 344 g/mol. The van der Waals surface area contributed by atoms with Crippen LogP contribution in [-0.2, 0) is 6.42 Å². The van der Waals surface area contributed by atoms with E-state index in [1.807, 2.05) is 31.3 Å². The first-order valence-electron chi connectivity index (χ1n) is 6.58. The van der Waals surface area contributed by atoms with Crippen molar-refractivity contribution in [2.75, 3.05) is 12.8 Å². The Kier molecular flexibility index (Phi) is 6.37. The van der Waals surface area contributed by atoms with Gasteiger partial charge in [-0.2, -0.15) is 0 Å². The van der Waals surface area contributed by atoms with Crippen molar-refractivity contribution in [1.29, 1.82) is 0 Å². The molecule has 0 heterocycles. The molecule has 2 aromatic carbocycles. The highest BCUT2D eigenvalue weighted by atomic mass is 35.5. The Hall–Kier alpha value is -0.740. The van der Waals surface area contributed by atoms with Crippen LogP contribution in [0.4, 0.5) is 4.39 Å². The molecule has 0 aliphatic carbocycles. The van der Waals surface area contributed by atoms with Crippen molar-refractivity contribution < 1.29 is 4.39 Å². The summed E-state index contributed by atoms with van der Waals surface area (Å²) in [4.78, 5) is 1.12. The second-order valence-electron chi connectivity index (χ2n) is 4.69. The molecular weight excluding hydrogens is 328 g/mol. The first-order chi connectivity index (χ1) is 10.1. The summed E-state index contributed by atoms with van der Waals surface area (Å²) < 4.78 is 13.3. The van der Waals surface area contributed by atoms with E-state index in [9.17, 15) is 4.39 Å². The molecule has 1 nitrogen and oxygen atoms in total. The van der Waals surface area contributed by atoms with Crippen LogP contribution >= 0.6 is 35.0 Å². The average Bonchev–Trinajstić information content (AvgIpc) is 2.47. The quantitative estimate of drug-likeness (QED) is 0.736. The van der Waals surface area contributed by atoms with Gasteiger partial charge in [-0.25, -0.2) is 4.39 Å². The highest BCUT2D eigenvalue weighted by molar-refractivity contribution is 7.99. The van der Waals surface area contributed by atoms with Crippen LogP contribution in [-0.4, -0.2) is 18.8 Å². The zero-order valence-electron chi connectivity index (χ0n) is 11.6. The van der Waals surface area contributed by atoms with E-state index in [0.29, 0.717) is 11.4 Å². The monoisotopic (exact) mass is 343 g/mol. The topological polar surface area (TPSA) is 12.0 Å². The van der Waals surface area contributed by atoms with Crippen molar-refractivity contribution >= 4 is 35.0 Å². The van der Waals surface area contributed by atoms with Gasteiger partial charge >= 0.3 is 0 Å². The molecule has 0 fully saturated rings. The lowest BCUT2D eigenvalue weighted by Gasteiger charge is -2.17. The van der Waals surface area contributed by atoms with Gasteiger partial charge in [0.05, 0.1) is 0 Å². The standard InChI is InChI=1S/C16H16Cl2FNS/c1-20-14(8-11-7-13(19)5-6-16(11)18)10-21-15-4-2-3-12(17)9-15/h2-7,9,14,20H,8,10H2,1H3. The van der Waals surface area contributed by atoms with Gasteiger partial charge in [0.15, 0.2) is 0 Å². The molecule has 1 N–H and O–H groups in total. The lowest BCUT2D eigenvalue weighted by atomic mass is 10.1. The minimum Gasteiger partial charge on any atom is -0.316 e. The van der Waals surface area contributed by atoms with Crippen molar-refractivity contribution in [3.8, 4) is 0 Å². The number of likely N-dealkylation sites (N-methyl/N-ethyl adjacent to an activating group) is 1. The molecule has 0 aliphatic heterocycles. The molecule has 112 valence electrons. The molecule has 0 spiro atoms. The van der Waals surface area contributed by atoms with Crippen molar-refractivity contribution in [2.45, 2.75) is 17.4 Å². The van der Waals surface area contributed by atoms with Crippen LogP contribution in [0.5, 0.6) is 0 Å². The third kappa shape index (κ3) is 5.19. The fourth-order valence-electron chi connectivity index (χ4n) is 1.96. The lowest BCUT2D eigenvalue weighted by molar-refractivity contribution is 0.603. The first kappa shape index (κ1) is 16.6. The summed E-state index contributed by atoms with van der Waals surface area (Å²) in [5.41, 5.74) is 0.822. The molecule has 0 saturated carbocycles. The van der Waals surface area contributed by atoms with Crippen LogP contribution in [0.3, 0.4) is 0 Å². The second kappa shape index (κ2) is 8.04. The Morgan fingerprint density at radius 1 is 1.19 bits per heavy atom. The van der Waals surface area contributed by atoms with Gasteiger partial charge < -0.3 is 5.32 Å². The van der Waals surface area contributed by atoms with Crippen LogP contribution < -0.4 is 5.32 Å². The SMILES string of the molecule is CNC(CSc1cccc(Cl)c1)Cc1cc(F)ccc1Cl. The highest BCUT2D eigenvalue weighted by Gasteiger charge is 2.11. The molecule has 2 aromatic rings. The van der Waals surface area contributed by atoms with Crippen LogP contribution in [0.2, 0.25) is 10.0 Å². The van der Waals surface area contributed by atoms with E-state index in [2.05, 4.69) is 5.32 Å². The molecule has 0 radical (unpaired) electrons. The minimum atomic E-state index is -0.258. The molecule has 0 aliphatic rings. The van der Waals surface area contributed by atoms with Crippen molar-refractivity contribution in [3.63, 3.8) is 0 Å². The van der Waals surface area contributed by atoms with Crippen LogP contribution in [0, 0.1) is 5.82 Å². The second-order valence-corrected chi connectivity index (χ2v) is 6.63. The van der Waals surface area contributed by atoms with Gasteiger partial charge in [-0.1, -0.05) is 29.3 Å².